The SMILES string of the molecule is NC1(c2cc(F)cc(F)c2)CC2(CCCCC2)C1. The third-order valence-electron chi connectivity index (χ3n) is 4.73. The molecule has 2 saturated carbocycles. The molecule has 1 aromatic carbocycles. The molecule has 2 aliphatic carbocycles. The van der Waals surface area contributed by atoms with Crippen LogP contribution in [0.5, 0.6) is 0 Å². The van der Waals surface area contributed by atoms with E-state index in [2.05, 4.69) is 0 Å². The van der Waals surface area contributed by atoms with Crippen LogP contribution in [0.1, 0.15) is 50.5 Å². The van der Waals surface area contributed by atoms with E-state index in [0.29, 0.717) is 11.0 Å². The predicted octanol–water partition coefficient (Wildman–Crippen LogP) is 3.86. The van der Waals surface area contributed by atoms with E-state index >= 15 is 0 Å². The second kappa shape index (κ2) is 4.02. The molecular formula is C15H19F2N. The summed E-state index contributed by atoms with van der Waals surface area (Å²) >= 11 is 0. The van der Waals surface area contributed by atoms with Crippen molar-refractivity contribution >= 4 is 0 Å². The smallest absolute Gasteiger partial charge is 0.126 e. The molecule has 1 spiro atoms. The summed E-state index contributed by atoms with van der Waals surface area (Å²) in [6.45, 7) is 0. The molecule has 0 radical (unpaired) electrons. The second-order valence-electron chi connectivity index (χ2n) is 6.23. The molecule has 18 heavy (non-hydrogen) atoms. The van der Waals surface area contributed by atoms with Crippen molar-refractivity contribution in [3.63, 3.8) is 0 Å². The van der Waals surface area contributed by atoms with Gasteiger partial charge in [0.15, 0.2) is 0 Å². The standard InChI is InChI=1S/C15H19F2N/c16-12-6-11(7-13(17)8-12)15(18)9-14(10-15)4-2-1-3-5-14/h6-8H,1-5,9-10,18H2. The summed E-state index contributed by atoms with van der Waals surface area (Å²) in [5, 5.41) is 0. The van der Waals surface area contributed by atoms with Crippen LogP contribution in [0, 0.1) is 17.0 Å². The van der Waals surface area contributed by atoms with E-state index in [1.165, 1.54) is 44.2 Å². The van der Waals surface area contributed by atoms with E-state index in [0.717, 1.165) is 18.9 Å². The van der Waals surface area contributed by atoms with Gasteiger partial charge in [-0.2, -0.15) is 0 Å². The lowest BCUT2D eigenvalue weighted by Crippen LogP contribution is -2.56. The molecule has 2 aliphatic rings. The first-order valence-corrected chi connectivity index (χ1v) is 6.77. The summed E-state index contributed by atoms with van der Waals surface area (Å²) in [5.41, 5.74) is 6.80. The van der Waals surface area contributed by atoms with E-state index in [1.54, 1.807) is 0 Å². The van der Waals surface area contributed by atoms with Crippen molar-refractivity contribution in [1.82, 2.24) is 0 Å². The third kappa shape index (κ3) is 1.95. The average Bonchev–Trinajstić information content (AvgIpc) is 2.27. The normalized spacial score (nSPS) is 24.8. The van der Waals surface area contributed by atoms with Crippen molar-refractivity contribution < 1.29 is 8.78 Å². The third-order valence-corrected chi connectivity index (χ3v) is 4.73. The largest absolute Gasteiger partial charge is 0.321 e. The molecule has 0 bridgehead atoms. The first-order valence-electron chi connectivity index (χ1n) is 6.77. The zero-order valence-corrected chi connectivity index (χ0v) is 10.5. The van der Waals surface area contributed by atoms with Crippen molar-refractivity contribution in [2.75, 3.05) is 0 Å². The molecule has 0 heterocycles. The maximum Gasteiger partial charge on any atom is 0.126 e. The zero-order valence-electron chi connectivity index (χ0n) is 10.5. The van der Waals surface area contributed by atoms with Gasteiger partial charge >= 0.3 is 0 Å². The number of hydrogen-bond acceptors (Lipinski definition) is 1. The van der Waals surface area contributed by atoms with Crippen LogP contribution in [-0.4, -0.2) is 0 Å². The fraction of sp³-hybridized carbons (Fsp3) is 0.600. The summed E-state index contributed by atoms with van der Waals surface area (Å²) in [6.07, 6.45) is 8.06. The summed E-state index contributed by atoms with van der Waals surface area (Å²) in [5.74, 6) is -1.06. The molecular weight excluding hydrogens is 232 g/mol. The molecule has 2 fully saturated rings. The van der Waals surface area contributed by atoms with Crippen LogP contribution in [0.2, 0.25) is 0 Å². The summed E-state index contributed by atoms with van der Waals surface area (Å²) in [6, 6.07) is 3.68. The zero-order chi connectivity index (χ0) is 12.8. The highest BCUT2D eigenvalue weighted by molar-refractivity contribution is 5.30. The summed E-state index contributed by atoms with van der Waals surface area (Å²) in [4.78, 5) is 0. The maximum absolute atomic E-state index is 13.3. The number of hydrogen-bond donors (Lipinski definition) is 1. The van der Waals surface area contributed by atoms with E-state index in [4.69, 9.17) is 5.73 Å². The monoisotopic (exact) mass is 251 g/mol. The van der Waals surface area contributed by atoms with Gasteiger partial charge in [0.05, 0.1) is 0 Å². The number of rotatable bonds is 1. The lowest BCUT2D eigenvalue weighted by atomic mass is 9.51. The fourth-order valence-electron chi connectivity index (χ4n) is 3.99. The average molecular weight is 251 g/mol. The Balaban J connectivity index is 1.81. The van der Waals surface area contributed by atoms with Gasteiger partial charge in [0.25, 0.3) is 0 Å². The Kier molecular flexibility index (Phi) is 2.70. The molecule has 0 unspecified atom stereocenters. The Morgan fingerprint density at radius 1 is 0.889 bits per heavy atom. The minimum Gasteiger partial charge on any atom is -0.321 e. The maximum atomic E-state index is 13.3. The Labute approximate surface area is 106 Å². The fourth-order valence-corrected chi connectivity index (χ4v) is 3.99. The first kappa shape index (κ1) is 12.1. The highest BCUT2D eigenvalue weighted by atomic mass is 19.1. The Morgan fingerprint density at radius 3 is 2.00 bits per heavy atom. The highest BCUT2D eigenvalue weighted by Gasteiger charge is 2.53. The van der Waals surface area contributed by atoms with Gasteiger partial charge in [-0.1, -0.05) is 19.3 Å². The Hall–Kier alpha value is -0.960. The molecule has 0 atom stereocenters. The second-order valence-corrected chi connectivity index (χ2v) is 6.23. The van der Waals surface area contributed by atoms with Crippen molar-refractivity contribution in [1.29, 1.82) is 0 Å². The molecule has 2 N–H and O–H groups in total. The van der Waals surface area contributed by atoms with E-state index in [-0.39, 0.29) is 0 Å². The number of nitrogens with two attached hydrogens (primary N) is 1. The van der Waals surface area contributed by atoms with Crippen LogP contribution >= 0.6 is 0 Å². The quantitative estimate of drug-likeness (QED) is 0.805. The van der Waals surface area contributed by atoms with Gasteiger partial charge in [-0.3, -0.25) is 0 Å². The van der Waals surface area contributed by atoms with Gasteiger partial charge in [-0.25, -0.2) is 8.78 Å². The number of halogens is 2. The molecule has 0 amide bonds. The van der Waals surface area contributed by atoms with Gasteiger partial charge in [0, 0.05) is 11.6 Å². The minimum absolute atomic E-state index is 0.357. The van der Waals surface area contributed by atoms with Crippen LogP contribution in [-0.2, 0) is 5.54 Å². The highest BCUT2D eigenvalue weighted by Crippen LogP contribution is 2.59. The van der Waals surface area contributed by atoms with Gasteiger partial charge in [0.1, 0.15) is 11.6 Å². The van der Waals surface area contributed by atoms with Crippen LogP contribution in [0.4, 0.5) is 8.78 Å². The van der Waals surface area contributed by atoms with Crippen molar-refractivity contribution in [2.24, 2.45) is 11.1 Å². The molecule has 1 nitrogen and oxygen atoms in total. The number of benzene rings is 1. The van der Waals surface area contributed by atoms with Crippen LogP contribution in [0.3, 0.4) is 0 Å². The molecule has 0 saturated heterocycles. The van der Waals surface area contributed by atoms with Crippen LogP contribution < -0.4 is 5.73 Å². The summed E-state index contributed by atoms with van der Waals surface area (Å²) < 4.78 is 26.5. The van der Waals surface area contributed by atoms with E-state index in [1.807, 2.05) is 0 Å². The van der Waals surface area contributed by atoms with Gasteiger partial charge in [-0.05, 0) is 48.8 Å². The van der Waals surface area contributed by atoms with Gasteiger partial charge < -0.3 is 5.73 Å². The summed E-state index contributed by atoms with van der Waals surface area (Å²) in [7, 11) is 0. The van der Waals surface area contributed by atoms with Gasteiger partial charge in [-0.15, -0.1) is 0 Å². The Bertz CT molecular complexity index is 435. The molecule has 1 aromatic rings. The van der Waals surface area contributed by atoms with Crippen molar-refractivity contribution in [3.05, 3.63) is 35.4 Å². The van der Waals surface area contributed by atoms with Gasteiger partial charge in [0.2, 0.25) is 0 Å². The topological polar surface area (TPSA) is 26.0 Å². The molecule has 98 valence electrons. The van der Waals surface area contributed by atoms with E-state index < -0.39 is 17.2 Å². The molecule has 3 rings (SSSR count). The van der Waals surface area contributed by atoms with Crippen LogP contribution in [0.15, 0.2) is 18.2 Å². The van der Waals surface area contributed by atoms with Crippen LogP contribution in [0.25, 0.3) is 0 Å². The minimum atomic E-state index is -0.528. The molecule has 3 heteroatoms. The first-order chi connectivity index (χ1) is 8.51. The molecule has 0 aromatic heterocycles. The molecule has 0 aliphatic heterocycles. The predicted molar refractivity (Wildman–Crippen MR) is 67.0 cm³/mol. The van der Waals surface area contributed by atoms with Crippen molar-refractivity contribution in [2.45, 2.75) is 50.5 Å². The lowest BCUT2D eigenvalue weighted by Gasteiger charge is -2.56. The lowest BCUT2D eigenvalue weighted by molar-refractivity contribution is -0.0102. The Morgan fingerprint density at radius 2 is 1.44 bits per heavy atom. The van der Waals surface area contributed by atoms with E-state index in [9.17, 15) is 8.78 Å². The van der Waals surface area contributed by atoms with Crippen molar-refractivity contribution in [3.8, 4) is 0 Å².